The summed E-state index contributed by atoms with van der Waals surface area (Å²) < 4.78 is 38.6. The van der Waals surface area contributed by atoms with Crippen LogP contribution in [0.5, 0.6) is 0 Å². The van der Waals surface area contributed by atoms with E-state index in [1.54, 1.807) is 11.8 Å². The van der Waals surface area contributed by atoms with Gasteiger partial charge in [0.1, 0.15) is 6.04 Å². The number of hydrogen-bond acceptors (Lipinski definition) is 3. The number of piperazine rings is 1. The van der Waals surface area contributed by atoms with Crippen molar-refractivity contribution in [1.29, 1.82) is 0 Å². The molecule has 2 fully saturated rings. The SMILES string of the molecule is O=C1CN(C2CCSCC2)C(C(F)(F)F)CN1. The molecule has 2 saturated heterocycles. The molecule has 7 heteroatoms. The molecule has 17 heavy (non-hydrogen) atoms. The molecule has 0 aromatic rings. The lowest BCUT2D eigenvalue weighted by molar-refractivity contribution is -0.195. The maximum Gasteiger partial charge on any atom is 0.405 e. The molecule has 0 bridgehead atoms. The fourth-order valence-electron chi connectivity index (χ4n) is 2.36. The van der Waals surface area contributed by atoms with Gasteiger partial charge in [-0.2, -0.15) is 24.9 Å². The van der Waals surface area contributed by atoms with Crippen LogP contribution in [0.4, 0.5) is 13.2 Å². The van der Waals surface area contributed by atoms with Gasteiger partial charge < -0.3 is 5.32 Å². The van der Waals surface area contributed by atoms with Crippen LogP contribution >= 0.6 is 11.8 Å². The van der Waals surface area contributed by atoms with Gasteiger partial charge in [-0.05, 0) is 24.3 Å². The van der Waals surface area contributed by atoms with E-state index in [-0.39, 0.29) is 25.0 Å². The van der Waals surface area contributed by atoms with Crippen LogP contribution in [0.25, 0.3) is 0 Å². The molecule has 2 rings (SSSR count). The lowest BCUT2D eigenvalue weighted by Gasteiger charge is -2.42. The molecule has 2 heterocycles. The van der Waals surface area contributed by atoms with E-state index in [0.29, 0.717) is 0 Å². The summed E-state index contributed by atoms with van der Waals surface area (Å²) in [5, 5.41) is 2.30. The monoisotopic (exact) mass is 268 g/mol. The second-order valence-electron chi connectivity index (χ2n) is 4.38. The summed E-state index contributed by atoms with van der Waals surface area (Å²) in [6.45, 7) is -0.439. The first-order valence-corrected chi connectivity index (χ1v) is 6.81. The van der Waals surface area contributed by atoms with Gasteiger partial charge in [0.25, 0.3) is 0 Å². The van der Waals surface area contributed by atoms with Gasteiger partial charge in [0, 0.05) is 12.6 Å². The van der Waals surface area contributed by atoms with Crippen molar-refractivity contribution in [1.82, 2.24) is 10.2 Å². The van der Waals surface area contributed by atoms with E-state index >= 15 is 0 Å². The molecule has 2 aliphatic rings. The predicted molar refractivity (Wildman–Crippen MR) is 59.9 cm³/mol. The van der Waals surface area contributed by atoms with E-state index in [2.05, 4.69) is 5.32 Å². The van der Waals surface area contributed by atoms with Gasteiger partial charge in [0.15, 0.2) is 0 Å². The Morgan fingerprint density at radius 2 is 1.94 bits per heavy atom. The summed E-state index contributed by atoms with van der Waals surface area (Å²) in [4.78, 5) is 12.6. The molecule has 0 aliphatic carbocycles. The Bertz CT molecular complexity index is 292. The first kappa shape index (κ1) is 13.0. The minimum Gasteiger partial charge on any atom is -0.353 e. The van der Waals surface area contributed by atoms with Gasteiger partial charge in [-0.3, -0.25) is 9.69 Å². The van der Waals surface area contributed by atoms with Crippen LogP contribution in [-0.2, 0) is 4.79 Å². The molecule has 1 amide bonds. The fourth-order valence-corrected chi connectivity index (χ4v) is 3.45. The van der Waals surface area contributed by atoms with E-state index in [0.717, 1.165) is 24.3 Å². The number of hydrogen-bond donors (Lipinski definition) is 1. The Morgan fingerprint density at radius 3 is 2.53 bits per heavy atom. The van der Waals surface area contributed by atoms with Crippen molar-refractivity contribution in [3.05, 3.63) is 0 Å². The summed E-state index contributed by atoms with van der Waals surface area (Å²) in [6, 6.07) is -1.62. The molecular formula is C10H15F3N2OS. The van der Waals surface area contributed by atoms with Crippen LogP contribution in [-0.4, -0.2) is 53.7 Å². The predicted octanol–water partition coefficient (Wildman–Crippen LogP) is 1.24. The highest BCUT2D eigenvalue weighted by atomic mass is 32.2. The van der Waals surface area contributed by atoms with E-state index < -0.39 is 12.2 Å². The molecule has 0 radical (unpaired) electrons. The zero-order valence-electron chi connectivity index (χ0n) is 9.29. The molecule has 98 valence electrons. The van der Waals surface area contributed by atoms with Crippen molar-refractivity contribution in [2.24, 2.45) is 0 Å². The standard InChI is InChI=1S/C10H15F3N2OS/c11-10(12,13)8-5-14-9(16)6-15(8)7-1-3-17-4-2-7/h7-8H,1-6H2,(H,14,16). The van der Waals surface area contributed by atoms with Crippen molar-refractivity contribution >= 4 is 17.7 Å². The Labute approximate surface area is 102 Å². The van der Waals surface area contributed by atoms with E-state index in [4.69, 9.17) is 0 Å². The first-order valence-electron chi connectivity index (χ1n) is 5.65. The second kappa shape index (κ2) is 5.06. The highest BCUT2D eigenvalue weighted by molar-refractivity contribution is 7.99. The Kier molecular flexibility index (Phi) is 3.87. The maximum atomic E-state index is 12.9. The lowest BCUT2D eigenvalue weighted by Crippen LogP contribution is -2.63. The van der Waals surface area contributed by atoms with Crippen LogP contribution < -0.4 is 5.32 Å². The number of carbonyl (C=O) groups is 1. The molecule has 0 aromatic carbocycles. The first-order chi connectivity index (χ1) is 7.98. The van der Waals surface area contributed by atoms with Gasteiger partial charge in [0.2, 0.25) is 5.91 Å². The molecule has 1 unspecified atom stereocenters. The second-order valence-corrected chi connectivity index (χ2v) is 5.60. The third-order valence-electron chi connectivity index (χ3n) is 3.26. The number of amides is 1. The van der Waals surface area contributed by atoms with Gasteiger partial charge in [-0.1, -0.05) is 0 Å². The van der Waals surface area contributed by atoms with Crippen molar-refractivity contribution in [2.45, 2.75) is 31.1 Å². The molecule has 0 aromatic heterocycles. The number of halogens is 3. The van der Waals surface area contributed by atoms with Crippen LogP contribution in [0.15, 0.2) is 0 Å². The number of thioether (sulfide) groups is 1. The molecule has 1 N–H and O–H groups in total. The number of nitrogens with one attached hydrogen (secondary N) is 1. The molecule has 0 spiro atoms. The Hall–Kier alpha value is -0.430. The van der Waals surface area contributed by atoms with Gasteiger partial charge >= 0.3 is 6.18 Å². The summed E-state index contributed by atoms with van der Waals surface area (Å²) in [7, 11) is 0. The van der Waals surface area contributed by atoms with E-state index in [1.807, 2.05) is 0 Å². The number of carbonyl (C=O) groups excluding carboxylic acids is 1. The van der Waals surface area contributed by atoms with Crippen LogP contribution in [0.1, 0.15) is 12.8 Å². The third-order valence-corrected chi connectivity index (χ3v) is 4.31. The summed E-state index contributed by atoms with van der Waals surface area (Å²) >= 11 is 1.76. The fraction of sp³-hybridized carbons (Fsp3) is 0.900. The average Bonchev–Trinajstić information content (AvgIpc) is 2.28. The Balaban J connectivity index is 2.10. The quantitative estimate of drug-likeness (QED) is 0.776. The molecule has 1 atom stereocenters. The Morgan fingerprint density at radius 1 is 1.29 bits per heavy atom. The zero-order valence-corrected chi connectivity index (χ0v) is 10.1. The number of alkyl halides is 3. The van der Waals surface area contributed by atoms with Crippen LogP contribution in [0, 0.1) is 0 Å². The molecule has 3 nitrogen and oxygen atoms in total. The van der Waals surface area contributed by atoms with Crippen LogP contribution in [0.2, 0.25) is 0 Å². The van der Waals surface area contributed by atoms with Gasteiger partial charge in [0.05, 0.1) is 6.54 Å². The molecule has 0 saturated carbocycles. The van der Waals surface area contributed by atoms with Crippen LogP contribution in [0.3, 0.4) is 0 Å². The topological polar surface area (TPSA) is 32.3 Å². The number of rotatable bonds is 1. The largest absolute Gasteiger partial charge is 0.405 e. The van der Waals surface area contributed by atoms with Crippen molar-refractivity contribution < 1.29 is 18.0 Å². The summed E-state index contributed by atoms with van der Waals surface area (Å²) in [6.07, 6.45) is -2.78. The minimum absolute atomic E-state index is 0.103. The molecule has 2 aliphatic heterocycles. The number of nitrogens with zero attached hydrogens (tertiary/aromatic N) is 1. The summed E-state index contributed by atoms with van der Waals surface area (Å²) in [5.41, 5.74) is 0. The normalized spacial score (nSPS) is 29.1. The van der Waals surface area contributed by atoms with E-state index in [1.165, 1.54) is 4.90 Å². The van der Waals surface area contributed by atoms with Crippen molar-refractivity contribution in [3.63, 3.8) is 0 Å². The maximum absolute atomic E-state index is 12.9. The molecular weight excluding hydrogens is 253 g/mol. The minimum atomic E-state index is -4.27. The highest BCUT2D eigenvalue weighted by Gasteiger charge is 2.48. The van der Waals surface area contributed by atoms with Gasteiger partial charge in [-0.25, -0.2) is 0 Å². The van der Waals surface area contributed by atoms with Gasteiger partial charge in [-0.15, -0.1) is 0 Å². The third kappa shape index (κ3) is 3.07. The van der Waals surface area contributed by atoms with Crippen molar-refractivity contribution in [2.75, 3.05) is 24.6 Å². The average molecular weight is 268 g/mol. The zero-order chi connectivity index (χ0) is 12.5. The smallest absolute Gasteiger partial charge is 0.353 e. The van der Waals surface area contributed by atoms with Crippen molar-refractivity contribution in [3.8, 4) is 0 Å². The summed E-state index contributed by atoms with van der Waals surface area (Å²) in [5.74, 6) is 1.46. The highest BCUT2D eigenvalue weighted by Crippen LogP contribution is 2.31. The van der Waals surface area contributed by atoms with E-state index in [9.17, 15) is 18.0 Å². The lowest BCUT2D eigenvalue weighted by atomic mass is 10.0.